The molecular weight excluding hydrogens is 394 g/mol. The van der Waals surface area contributed by atoms with Gasteiger partial charge in [0.2, 0.25) is 17.8 Å². The van der Waals surface area contributed by atoms with Crippen LogP contribution < -0.4 is 21.5 Å². The second kappa shape index (κ2) is 8.06. The average molecular weight is 417 g/mol. The van der Waals surface area contributed by atoms with Gasteiger partial charge in [-0.2, -0.15) is 4.98 Å². The van der Waals surface area contributed by atoms with E-state index in [0.717, 1.165) is 22.4 Å². The molecule has 0 saturated heterocycles. The summed E-state index contributed by atoms with van der Waals surface area (Å²) in [5, 5.41) is 8.49. The first kappa shape index (κ1) is 20.3. The number of hydrogen-bond acceptors (Lipinski definition) is 5. The summed E-state index contributed by atoms with van der Waals surface area (Å²) in [5.74, 6) is -1.45. The van der Waals surface area contributed by atoms with Gasteiger partial charge < -0.3 is 16.0 Å². The zero-order chi connectivity index (χ0) is 22.1. The molecule has 8 heteroatoms. The van der Waals surface area contributed by atoms with Crippen LogP contribution in [0.15, 0.2) is 47.3 Å². The molecule has 0 radical (unpaired) electrons. The maximum Gasteiger partial charge on any atom is 0.258 e. The predicted octanol–water partition coefficient (Wildman–Crippen LogP) is 3.50. The smallest absolute Gasteiger partial charge is 0.258 e. The predicted molar refractivity (Wildman–Crippen MR) is 120 cm³/mol. The Morgan fingerprint density at radius 3 is 2.48 bits per heavy atom. The molecule has 0 saturated carbocycles. The molecule has 2 heterocycles. The number of nitrogens with one attached hydrogen (secondary N) is 4. The molecule has 8 nitrogen and oxygen atoms in total. The summed E-state index contributed by atoms with van der Waals surface area (Å²) in [7, 11) is 0. The highest BCUT2D eigenvalue weighted by atomic mass is 16.2. The maximum atomic E-state index is 13.0. The molecule has 0 spiro atoms. The van der Waals surface area contributed by atoms with Gasteiger partial charge in [-0.05, 0) is 50.1 Å². The Balaban J connectivity index is 1.65. The number of H-pyrrole nitrogens is 1. The van der Waals surface area contributed by atoms with Crippen molar-refractivity contribution in [2.75, 3.05) is 16.0 Å². The summed E-state index contributed by atoms with van der Waals surface area (Å²) in [4.78, 5) is 45.1. The average Bonchev–Trinajstić information content (AvgIpc) is 2.71. The van der Waals surface area contributed by atoms with Crippen molar-refractivity contribution in [1.29, 1.82) is 0 Å². The van der Waals surface area contributed by atoms with Crippen molar-refractivity contribution in [1.82, 2.24) is 9.97 Å². The molecule has 4 rings (SSSR count). The molecule has 0 unspecified atom stereocenters. The van der Waals surface area contributed by atoms with E-state index in [1.165, 1.54) is 0 Å². The third-order valence-electron chi connectivity index (χ3n) is 5.23. The lowest BCUT2D eigenvalue weighted by Gasteiger charge is -2.24. The number of carbonyl (C=O) groups excluding carboxylic acids is 2. The minimum absolute atomic E-state index is 0.0933. The monoisotopic (exact) mass is 417 g/mol. The Kier molecular flexibility index (Phi) is 5.29. The highest BCUT2D eigenvalue weighted by molar-refractivity contribution is 6.04. The first-order valence-corrected chi connectivity index (χ1v) is 9.96. The molecule has 2 amide bonds. The molecule has 4 N–H and O–H groups in total. The SMILES string of the molecule is Cc1ccc(Nc2nc3c(c(=O)[nH]2)[C@@H](C(=O)Nc2cc(C)ccc2C)CC(=O)N3)cc1. The van der Waals surface area contributed by atoms with Crippen LogP contribution in [0, 0.1) is 20.8 Å². The van der Waals surface area contributed by atoms with E-state index < -0.39 is 17.4 Å². The van der Waals surface area contributed by atoms with E-state index in [2.05, 4.69) is 25.9 Å². The molecular formula is C23H23N5O3. The number of fused-ring (bicyclic) bond motifs is 1. The number of aromatic nitrogens is 2. The minimum atomic E-state index is -0.937. The molecule has 1 aliphatic rings. The number of amides is 2. The highest BCUT2D eigenvalue weighted by Gasteiger charge is 2.35. The summed E-state index contributed by atoms with van der Waals surface area (Å²) < 4.78 is 0. The van der Waals surface area contributed by atoms with Crippen molar-refractivity contribution in [3.63, 3.8) is 0 Å². The standard InChI is InChI=1S/C23H23N5O3/c1-12-5-8-15(9-6-12)24-23-27-20-19(22(31)28-23)16(11-18(29)26-20)21(30)25-17-10-13(2)4-7-14(17)3/h4-10,16H,11H2,1-3H3,(H,25,30)(H3,24,26,27,28,29,31)/t16-/m0/s1. The van der Waals surface area contributed by atoms with Gasteiger partial charge in [0.1, 0.15) is 5.82 Å². The lowest BCUT2D eigenvalue weighted by molar-refractivity contribution is -0.123. The Labute approximate surface area is 179 Å². The van der Waals surface area contributed by atoms with E-state index in [4.69, 9.17) is 0 Å². The van der Waals surface area contributed by atoms with E-state index >= 15 is 0 Å². The van der Waals surface area contributed by atoms with Crippen LogP contribution in [0.5, 0.6) is 0 Å². The van der Waals surface area contributed by atoms with Gasteiger partial charge in [-0.3, -0.25) is 19.4 Å². The third-order valence-corrected chi connectivity index (χ3v) is 5.23. The van der Waals surface area contributed by atoms with Crippen molar-refractivity contribution in [2.45, 2.75) is 33.1 Å². The maximum absolute atomic E-state index is 13.0. The Hall–Kier alpha value is -3.94. The van der Waals surface area contributed by atoms with Gasteiger partial charge in [0, 0.05) is 17.8 Å². The second-order valence-corrected chi connectivity index (χ2v) is 7.78. The quantitative estimate of drug-likeness (QED) is 0.518. The fourth-order valence-corrected chi connectivity index (χ4v) is 3.52. The topological polar surface area (TPSA) is 116 Å². The highest BCUT2D eigenvalue weighted by Crippen LogP contribution is 2.30. The van der Waals surface area contributed by atoms with Crippen LogP contribution in [-0.2, 0) is 9.59 Å². The van der Waals surface area contributed by atoms with Crippen LogP contribution in [0.4, 0.5) is 23.1 Å². The van der Waals surface area contributed by atoms with Crippen molar-refractivity contribution < 1.29 is 9.59 Å². The van der Waals surface area contributed by atoms with Crippen molar-refractivity contribution in [3.05, 3.63) is 75.1 Å². The Bertz CT molecular complexity index is 1230. The minimum Gasteiger partial charge on any atom is -0.326 e. The third kappa shape index (κ3) is 4.32. The van der Waals surface area contributed by atoms with E-state index in [-0.39, 0.29) is 29.7 Å². The van der Waals surface area contributed by atoms with Gasteiger partial charge in [-0.1, -0.05) is 29.8 Å². The van der Waals surface area contributed by atoms with Crippen molar-refractivity contribution >= 4 is 35.0 Å². The fraction of sp³-hybridized carbons (Fsp3) is 0.217. The van der Waals surface area contributed by atoms with Gasteiger partial charge in [0.25, 0.3) is 5.56 Å². The Morgan fingerprint density at radius 1 is 1.03 bits per heavy atom. The number of rotatable bonds is 4. The zero-order valence-electron chi connectivity index (χ0n) is 17.5. The van der Waals surface area contributed by atoms with Gasteiger partial charge in [0.05, 0.1) is 11.5 Å². The normalized spacial score (nSPS) is 15.1. The molecule has 1 aliphatic heterocycles. The van der Waals surface area contributed by atoms with E-state index in [1.54, 1.807) is 0 Å². The molecule has 0 aliphatic carbocycles. The number of anilines is 4. The second-order valence-electron chi connectivity index (χ2n) is 7.78. The van der Waals surface area contributed by atoms with E-state index in [0.29, 0.717) is 5.69 Å². The molecule has 0 fully saturated rings. The van der Waals surface area contributed by atoms with Crippen LogP contribution in [-0.4, -0.2) is 21.8 Å². The summed E-state index contributed by atoms with van der Waals surface area (Å²) in [5.41, 5.74) is 4.05. The van der Waals surface area contributed by atoms with Crippen molar-refractivity contribution in [3.8, 4) is 0 Å². The number of hydrogen-bond donors (Lipinski definition) is 4. The van der Waals surface area contributed by atoms with Gasteiger partial charge in [0.15, 0.2) is 0 Å². The van der Waals surface area contributed by atoms with Crippen LogP contribution >= 0.6 is 0 Å². The number of aromatic amines is 1. The fourth-order valence-electron chi connectivity index (χ4n) is 3.52. The van der Waals surface area contributed by atoms with Crippen LogP contribution in [0.25, 0.3) is 0 Å². The van der Waals surface area contributed by atoms with E-state index in [9.17, 15) is 14.4 Å². The molecule has 3 aromatic rings. The molecule has 158 valence electrons. The number of nitrogens with zero attached hydrogens (tertiary/aromatic N) is 1. The summed E-state index contributed by atoms with van der Waals surface area (Å²) in [6, 6.07) is 13.3. The first-order valence-electron chi connectivity index (χ1n) is 9.96. The zero-order valence-corrected chi connectivity index (χ0v) is 17.5. The van der Waals surface area contributed by atoms with Gasteiger partial charge in [-0.15, -0.1) is 0 Å². The number of benzene rings is 2. The summed E-state index contributed by atoms with van der Waals surface area (Å²) in [6.45, 7) is 5.78. The lowest BCUT2D eigenvalue weighted by atomic mass is 9.92. The Morgan fingerprint density at radius 2 is 1.74 bits per heavy atom. The summed E-state index contributed by atoms with van der Waals surface area (Å²) in [6.07, 6.45) is -0.126. The van der Waals surface area contributed by atoms with Crippen LogP contribution in [0.2, 0.25) is 0 Å². The number of carbonyl (C=O) groups is 2. The van der Waals surface area contributed by atoms with Gasteiger partial charge >= 0.3 is 0 Å². The molecule has 2 aromatic carbocycles. The lowest BCUT2D eigenvalue weighted by Crippen LogP contribution is -2.36. The van der Waals surface area contributed by atoms with Crippen LogP contribution in [0.1, 0.15) is 34.6 Å². The number of aryl methyl sites for hydroxylation is 3. The molecule has 0 bridgehead atoms. The van der Waals surface area contributed by atoms with Crippen molar-refractivity contribution in [2.24, 2.45) is 0 Å². The van der Waals surface area contributed by atoms with Gasteiger partial charge in [-0.25, -0.2) is 0 Å². The molecule has 1 atom stereocenters. The largest absolute Gasteiger partial charge is 0.326 e. The molecule has 1 aromatic heterocycles. The van der Waals surface area contributed by atoms with E-state index in [1.807, 2.05) is 63.2 Å². The molecule has 31 heavy (non-hydrogen) atoms. The van der Waals surface area contributed by atoms with Crippen LogP contribution in [0.3, 0.4) is 0 Å². The first-order chi connectivity index (χ1) is 14.8. The summed E-state index contributed by atoms with van der Waals surface area (Å²) >= 11 is 0.